The molecule has 1 fully saturated rings. The molecule has 1 heterocycles. The second-order valence-corrected chi connectivity index (χ2v) is 5.93. The molecule has 2 atom stereocenters. The van der Waals surface area contributed by atoms with Gasteiger partial charge in [-0.2, -0.15) is 0 Å². The van der Waals surface area contributed by atoms with Gasteiger partial charge < -0.3 is 15.4 Å². The van der Waals surface area contributed by atoms with Crippen molar-refractivity contribution in [2.45, 2.75) is 38.8 Å². The molecule has 1 aliphatic rings. The number of non-ortho nitro benzene ring substituents is 1. The molecule has 126 valence electrons. The number of nitrogens with zero attached hydrogens (tertiary/aromatic N) is 1. The summed E-state index contributed by atoms with van der Waals surface area (Å²) in [4.78, 5) is 22.5. The molecule has 0 bridgehead atoms. The standard InChI is InChI=1S/C16H23N3O4/c1-11(13-6-8-23-9-7-13)17-16(20)18-12(2)14-4-3-5-15(10-14)19(21)22/h3-5,10-13H,6-9H2,1-2H3,(H2,17,18,20)/t11-,12+/m0/s1. The summed E-state index contributed by atoms with van der Waals surface area (Å²) in [6, 6.07) is 5.79. The highest BCUT2D eigenvalue weighted by Gasteiger charge is 2.22. The SMILES string of the molecule is C[C@H](NC(=O)N[C@H](C)c1cccc([N+](=O)[O-])c1)C1CCOCC1. The molecule has 2 rings (SSSR count). The first-order chi connectivity index (χ1) is 11.0. The molecule has 2 N–H and O–H groups in total. The monoisotopic (exact) mass is 321 g/mol. The van der Waals surface area contributed by atoms with E-state index in [0.29, 0.717) is 11.5 Å². The van der Waals surface area contributed by atoms with Gasteiger partial charge in [-0.1, -0.05) is 12.1 Å². The molecule has 1 saturated heterocycles. The molecule has 0 aliphatic carbocycles. The average Bonchev–Trinajstić information content (AvgIpc) is 2.55. The van der Waals surface area contributed by atoms with Gasteiger partial charge >= 0.3 is 6.03 Å². The van der Waals surface area contributed by atoms with Crippen LogP contribution in [0.15, 0.2) is 24.3 Å². The van der Waals surface area contributed by atoms with Crippen molar-refractivity contribution in [3.05, 3.63) is 39.9 Å². The van der Waals surface area contributed by atoms with Gasteiger partial charge in [-0.15, -0.1) is 0 Å². The van der Waals surface area contributed by atoms with Gasteiger partial charge in [0.05, 0.1) is 11.0 Å². The van der Waals surface area contributed by atoms with E-state index in [0.717, 1.165) is 26.1 Å². The van der Waals surface area contributed by atoms with Crippen molar-refractivity contribution in [1.29, 1.82) is 0 Å². The molecular formula is C16H23N3O4. The van der Waals surface area contributed by atoms with Gasteiger partial charge in [0.15, 0.2) is 0 Å². The van der Waals surface area contributed by atoms with Crippen molar-refractivity contribution in [3.63, 3.8) is 0 Å². The van der Waals surface area contributed by atoms with Crippen LogP contribution in [0.25, 0.3) is 0 Å². The lowest BCUT2D eigenvalue weighted by Crippen LogP contribution is -2.45. The molecule has 0 unspecified atom stereocenters. The summed E-state index contributed by atoms with van der Waals surface area (Å²) in [6.45, 7) is 5.27. The summed E-state index contributed by atoms with van der Waals surface area (Å²) in [5.74, 6) is 0.419. The van der Waals surface area contributed by atoms with E-state index in [4.69, 9.17) is 4.74 Å². The zero-order valence-corrected chi connectivity index (χ0v) is 13.5. The fourth-order valence-electron chi connectivity index (χ4n) is 2.77. The highest BCUT2D eigenvalue weighted by atomic mass is 16.6. The Hall–Kier alpha value is -2.15. The van der Waals surface area contributed by atoms with Gasteiger partial charge in [-0.25, -0.2) is 4.79 Å². The number of nitro benzene ring substituents is 1. The summed E-state index contributed by atoms with van der Waals surface area (Å²) < 4.78 is 5.32. The summed E-state index contributed by atoms with van der Waals surface area (Å²) in [5.41, 5.74) is 0.722. The quantitative estimate of drug-likeness (QED) is 0.644. The number of nitrogens with one attached hydrogen (secondary N) is 2. The zero-order chi connectivity index (χ0) is 16.8. The highest BCUT2D eigenvalue weighted by molar-refractivity contribution is 5.74. The Kier molecular flexibility index (Phi) is 5.92. The lowest BCUT2D eigenvalue weighted by molar-refractivity contribution is -0.384. The fraction of sp³-hybridized carbons (Fsp3) is 0.562. The normalized spacial score (nSPS) is 18.0. The predicted octanol–water partition coefficient (Wildman–Crippen LogP) is 2.77. The first-order valence-electron chi connectivity index (χ1n) is 7.86. The molecule has 7 nitrogen and oxygen atoms in total. The molecule has 1 aromatic rings. The number of hydrogen-bond donors (Lipinski definition) is 2. The van der Waals surface area contributed by atoms with E-state index < -0.39 is 4.92 Å². The van der Waals surface area contributed by atoms with Crippen molar-refractivity contribution in [2.75, 3.05) is 13.2 Å². The van der Waals surface area contributed by atoms with E-state index in [9.17, 15) is 14.9 Å². The number of ether oxygens (including phenoxy) is 1. The van der Waals surface area contributed by atoms with Gasteiger partial charge in [-0.05, 0) is 38.2 Å². The minimum Gasteiger partial charge on any atom is -0.381 e. The molecule has 23 heavy (non-hydrogen) atoms. The molecule has 2 amide bonds. The molecular weight excluding hydrogens is 298 g/mol. The average molecular weight is 321 g/mol. The van der Waals surface area contributed by atoms with Crippen LogP contribution in [0, 0.1) is 16.0 Å². The van der Waals surface area contributed by atoms with Crippen LogP contribution >= 0.6 is 0 Å². The Morgan fingerprint density at radius 2 is 2.00 bits per heavy atom. The van der Waals surface area contributed by atoms with E-state index in [1.165, 1.54) is 12.1 Å². The van der Waals surface area contributed by atoms with Crippen LogP contribution < -0.4 is 10.6 Å². The first-order valence-corrected chi connectivity index (χ1v) is 7.86. The second kappa shape index (κ2) is 7.92. The lowest BCUT2D eigenvalue weighted by atomic mass is 9.93. The van der Waals surface area contributed by atoms with Gasteiger partial charge in [-0.3, -0.25) is 10.1 Å². The van der Waals surface area contributed by atoms with Gasteiger partial charge in [0.2, 0.25) is 0 Å². The molecule has 1 aromatic carbocycles. The Labute approximate surface area is 135 Å². The summed E-state index contributed by atoms with van der Waals surface area (Å²) >= 11 is 0. The maximum atomic E-state index is 12.1. The number of benzene rings is 1. The van der Waals surface area contributed by atoms with Crippen LogP contribution in [0.3, 0.4) is 0 Å². The number of urea groups is 1. The summed E-state index contributed by atoms with van der Waals surface area (Å²) in [5, 5.41) is 16.6. The number of amides is 2. The van der Waals surface area contributed by atoms with E-state index in [1.807, 2.05) is 6.92 Å². The zero-order valence-electron chi connectivity index (χ0n) is 13.5. The van der Waals surface area contributed by atoms with Crippen LogP contribution in [0.1, 0.15) is 38.3 Å². The molecule has 7 heteroatoms. The molecule has 0 radical (unpaired) electrons. The first kappa shape index (κ1) is 17.2. The Morgan fingerprint density at radius 1 is 1.30 bits per heavy atom. The van der Waals surface area contributed by atoms with Crippen LogP contribution in [0.4, 0.5) is 10.5 Å². The Morgan fingerprint density at radius 3 is 2.65 bits per heavy atom. The maximum absolute atomic E-state index is 12.1. The van der Waals surface area contributed by atoms with Crippen LogP contribution in [0.2, 0.25) is 0 Å². The minimum absolute atomic E-state index is 0.0205. The topological polar surface area (TPSA) is 93.5 Å². The lowest BCUT2D eigenvalue weighted by Gasteiger charge is -2.28. The van der Waals surface area contributed by atoms with Crippen molar-refractivity contribution >= 4 is 11.7 Å². The number of carbonyl (C=O) groups is 1. The maximum Gasteiger partial charge on any atom is 0.315 e. The number of carbonyl (C=O) groups excluding carboxylic acids is 1. The minimum atomic E-state index is -0.441. The third kappa shape index (κ3) is 4.92. The highest BCUT2D eigenvalue weighted by Crippen LogP contribution is 2.20. The second-order valence-electron chi connectivity index (χ2n) is 5.93. The number of nitro groups is 1. The number of hydrogen-bond acceptors (Lipinski definition) is 4. The molecule has 0 aromatic heterocycles. The fourth-order valence-corrected chi connectivity index (χ4v) is 2.77. The van der Waals surface area contributed by atoms with Crippen LogP contribution in [-0.4, -0.2) is 30.2 Å². The van der Waals surface area contributed by atoms with Crippen LogP contribution in [-0.2, 0) is 4.74 Å². The van der Waals surface area contributed by atoms with E-state index in [-0.39, 0.29) is 23.8 Å². The van der Waals surface area contributed by atoms with Crippen molar-refractivity contribution in [1.82, 2.24) is 10.6 Å². The van der Waals surface area contributed by atoms with E-state index in [1.54, 1.807) is 19.1 Å². The van der Waals surface area contributed by atoms with Gasteiger partial charge in [0.25, 0.3) is 5.69 Å². The molecule has 0 spiro atoms. The predicted molar refractivity (Wildman–Crippen MR) is 86.2 cm³/mol. The van der Waals surface area contributed by atoms with Crippen molar-refractivity contribution in [2.24, 2.45) is 5.92 Å². The largest absolute Gasteiger partial charge is 0.381 e. The number of rotatable bonds is 5. The van der Waals surface area contributed by atoms with Crippen molar-refractivity contribution in [3.8, 4) is 0 Å². The van der Waals surface area contributed by atoms with E-state index >= 15 is 0 Å². The Balaban J connectivity index is 1.88. The van der Waals surface area contributed by atoms with Gasteiger partial charge in [0, 0.05) is 31.4 Å². The smallest absolute Gasteiger partial charge is 0.315 e. The Bertz CT molecular complexity index is 558. The van der Waals surface area contributed by atoms with Crippen molar-refractivity contribution < 1.29 is 14.5 Å². The summed E-state index contributed by atoms with van der Waals surface area (Å²) in [6.07, 6.45) is 1.89. The summed E-state index contributed by atoms with van der Waals surface area (Å²) in [7, 11) is 0. The molecule has 1 aliphatic heterocycles. The third-order valence-electron chi connectivity index (χ3n) is 4.26. The molecule has 0 saturated carbocycles. The van der Waals surface area contributed by atoms with Gasteiger partial charge in [0.1, 0.15) is 0 Å². The van der Waals surface area contributed by atoms with Crippen LogP contribution in [0.5, 0.6) is 0 Å². The van der Waals surface area contributed by atoms with E-state index in [2.05, 4.69) is 10.6 Å². The third-order valence-corrected chi connectivity index (χ3v) is 4.26.